The lowest BCUT2D eigenvalue weighted by molar-refractivity contribution is -0.160. The summed E-state index contributed by atoms with van der Waals surface area (Å²) in [5, 5.41) is 0. The van der Waals surface area contributed by atoms with Gasteiger partial charge in [0.05, 0.1) is 7.11 Å². The van der Waals surface area contributed by atoms with E-state index in [4.69, 9.17) is 9.47 Å². The van der Waals surface area contributed by atoms with Crippen LogP contribution in [-0.2, 0) is 14.3 Å². The maximum Gasteiger partial charge on any atom is 0.303 e. The van der Waals surface area contributed by atoms with Crippen LogP contribution in [0.5, 0.6) is 5.75 Å². The smallest absolute Gasteiger partial charge is 0.303 e. The van der Waals surface area contributed by atoms with Crippen LogP contribution in [0.15, 0.2) is 53.4 Å². The average molecular weight is 343 g/mol. The Morgan fingerprint density at radius 1 is 1.12 bits per heavy atom. The molecule has 0 N–H and O–H groups in total. The Morgan fingerprint density at radius 3 is 2.38 bits per heavy atom. The van der Waals surface area contributed by atoms with Crippen molar-refractivity contribution in [3.63, 3.8) is 0 Å². The summed E-state index contributed by atoms with van der Waals surface area (Å²) >= 11 is 4.47. The quantitative estimate of drug-likeness (QED) is 0.527. The first kappa shape index (κ1) is 16.4. The first-order valence-electron chi connectivity index (χ1n) is 7.45. The van der Waals surface area contributed by atoms with Crippen LogP contribution >= 0.6 is 12.6 Å². The first-order valence-corrected chi connectivity index (χ1v) is 7.90. The maximum absolute atomic E-state index is 12.5. The Hall–Kier alpha value is -2.47. The lowest BCUT2D eigenvalue weighted by Crippen LogP contribution is -2.60. The van der Waals surface area contributed by atoms with E-state index in [0.29, 0.717) is 11.4 Å². The highest BCUT2D eigenvalue weighted by molar-refractivity contribution is 7.80. The van der Waals surface area contributed by atoms with Crippen molar-refractivity contribution in [3.8, 4) is 5.75 Å². The van der Waals surface area contributed by atoms with Gasteiger partial charge < -0.3 is 9.47 Å². The monoisotopic (exact) mass is 343 g/mol. The molecule has 3 rings (SSSR count). The average Bonchev–Trinajstić information content (AvgIpc) is 2.58. The summed E-state index contributed by atoms with van der Waals surface area (Å²) < 4.78 is 10.4. The summed E-state index contributed by atoms with van der Waals surface area (Å²) in [5.74, 6) is -0.0317. The third-order valence-electron chi connectivity index (χ3n) is 3.94. The molecule has 1 aliphatic rings. The summed E-state index contributed by atoms with van der Waals surface area (Å²) in [6, 6.07) is 14.2. The van der Waals surface area contributed by atoms with Gasteiger partial charge in [0.15, 0.2) is 0 Å². The van der Waals surface area contributed by atoms with Gasteiger partial charge in [-0.15, -0.1) is 12.6 Å². The third-order valence-corrected chi connectivity index (χ3v) is 4.35. The Labute approximate surface area is 145 Å². The number of thiol groups is 1. The van der Waals surface area contributed by atoms with Crippen LogP contribution in [0.3, 0.4) is 0 Å². The van der Waals surface area contributed by atoms with Crippen molar-refractivity contribution < 1.29 is 19.1 Å². The predicted octanol–water partition coefficient (Wildman–Crippen LogP) is 3.00. The number of esters is 1. The molecule has 1 aliphatic heterocycles. The zero-order valence-electron chi connectivity index (χ0n) is 13.3. The number of hydrogen-bond acceptors (Lipinski definition) is 5. The summed E-state index contributed by atoms with van der Waals surface area (Å²) in [4.78, 5) is 26.2. The molecule has 0 unspecified atom stereocenters. The molecule has 24 heavy (non-hydrogen) atoms. The number of rotatable bonds is 4. The zero-order valence-corrected chi connectivity index (χ0v) is 14.2. The molecule has 1 amide bonds. The standard InChI is InChI=1S/C18H17NO4S/c1-11(20)23-17-16(14-5-3-4-6-15(14)24)19(18(17)21)12-7-9-13(22-2)10-8-12/h3-10,16-17,24H,1-2H3/t16-,17-/m1/s1. The van der Waals surface area contributed by atoms with E-state index in [1.165, 1.54) is 6.92 Å². The molecule has 0 aromatic heterocycles. The molecule has 5 nitrogen and oxygen atoms in total. The first-order chi connectivity index (χ1) is 11.5. The van der Waals surface area contributed by atoms with E-state index in [-0.39, 0.29) is 5.91 Å². The van der Waals surface area contributed by atoms with Crippen LogP contribution in [0.2, 0.25) is 0 Å². The molecule has 2 aromatic rings. The zero-order chi connectivity index (χ0) is 17.3. The summed E-state index contributed by atoms with van der Waals surface area (Å²) in [7, 11) is 1.58. The number of carbonyl (C=O) groups excluding carboxylic acids is 2. The molecule has 0 aliphatic carbocycles. The molecule has 0 bridgehead atoms. The highest BCUT2D eigenvalue weighted by atomic mass is 32.1. The van der Waals surface area contributed by atoms with E-state index in [1.54, 1.807) is 36.3 Å². The fourth-order valence-electron chi connectivity index (χ4n) is 2.83. The van der Waals surface area contributed by atoms with Gasteiger partial charge in [-0.25, -0.2) is 0 Å². The summed E-state index contributed by atoms with van der Waals surface area (Å²) in [6.45, 7) is 1.30. The van der Waals surface area contributed by atoms with Crippen molar-refractivity contribution in [3.05, 3.63) is 54.1 Å². The fourth-order valence-corrected chi connectivity index (χ4v) is 3.12. The van der Waals surface area contributed by atoms with E-state index >= 15 is 0 Å². The highest BCUT2D eigenvalue weighted by Crippen LogP contribution is 2.43. The van der Waals surface area contributed by atoms with Crippen molar-refractivity contribution in [2.45, 2.75) is 24.0 Å². The normalized spacial score (nSPS) is 19.6. The van der Waals surface area contributed by atoms with E-state index < -0.39 is 18.1 Å². The fraction of sp³-hybridized carbons (Fsp3) is 0.222. The molecule has 1 heterocycles. The molecule has 6 heteroatoms. The molecular weight excluding hydrogens is 326 g/mol. The number of methoxy groups -OCH3 is 1. The SMILES string of the molecule is COc1ccc(N2C(=O)[C@H](OC(C)=O)[C@H]2c2ccccc2S)cc1. The van der Waals surface area contributed by atoms with E-state index in [9.17, 15) is 9.59 Å². The number of amides is 1. The van der Waals surface area contributed by atoms with Gasteiger partial charge in [-0.05, 0) is 35.9 Å². The summed E-state index contributed by atoms with van der Waals surface area (Å²) in [6.07, 6.45) is -0.835. The molecule has 2 atom stereocenters. The van der Waals surface area contributed by atoms with Crippen LogP contribution in [0.4, 0.5) is 5.69 Å². The van der Waals surface area contributed by atoms with E-state index in [2.05, 4.69) is 12.6 Å². The van der Waals surface area contributed by atoms with Crippen molar-refractivity contribution in [1.29, 1.82) is 0 Å². The molecule has 1 saturated heterocycles. The lowest BCUT2D eigenvalue weighted by atomic mass is 9.89. The largest absolute Gasteiger partial charge is 0.497 e. The number of β-lactam (4-membered cyclic amide) rings is 1. The Balaban J connectivity index is 1.99. The van der Waals surface area contributed by atoms with Crippen molar-refractivity contribution in [2.24, 2.45) is 0 Å². The van der Waals surface area contributed by atoms with Gasteiger partial charge >= 0.3 is 5.97 Å². The number of anilines is 1. The molecule has 0 radical (unpaired) electrons. The number of carbonyl (C=O) groups is 2. The van der Waals surface area contributed by atoms with Gasteiger partial charge in [-0.3, -0.25) is 14.5 Å². The second kappa shape index (κ2) is 6.57. The van der Waals surface area contributed by atoms with Gasteiger partial charge in [0.1, 0.15) is 11.8 Å². The molecule has 1 fully saturated rings. The number of hydrogen-bond donors (Lipinski definition) is 1. The minimum absolute atomic E-state index is 0.253. The van der Waals surface area contributed by atoms with E-state index in [1.807, 2.05) is 24.3 Å². The van der Waals surface area contributed by atoms with Crippen LogP contribution in [0.1, 0.15) is 18.5 Å². The van der Waals surface area contributed by atoms with Gasteiger partial charge in [-0.1, -0.05) is 18.2 Å². The van der Waals surface area contributed by atoms with Crippen LogP contribution in [0.25, 0.3) is 0 Å². The number of ether oxygens (including phenoxy) is 2. The minimum atomic E-state index is -0.835. The van der Waals surface area contributed by atoms with Gasteiger partial charge in [0, 0.05) is 17.5 Å². The Bertz CT molecular complexity index is 775. The van der Waals surface area contributed by atoms with Gasteiger partial charge in [0.25, 0.3) is 5.91 Å². The molecule has 124 valence electrons. The van der Waals surface area contributed by atoms with Gasteiger partial charge in [-0.2, -0.15) is 0 Å². The second-order valence-electron chi connectivity index (χ2n) is 5.44. The van der Waals surface area contributed by atoms with Crippen molar-refractivity contribution in [1.82, 2.24) is 0 Å². The molecule has 2 aromatic carbocycles. The highest BCUT2D eigenvalue weighted by Gasteiger charge is 2.51. The lowest BCUT2D eigenvalue weighted by Gasteiger charge is -2.46. The number of nitrogens with zero attached hydrogens (tertiary/aromatic N) is 1. The second-order valence-corrected chi connectivity index (χ2v) is 5.92. The van der Waals surface area contributed by atoms with Crippen LogP contribution in [-0.4, -0.2) is 25.1 Å². The Kier molecular flexibility index (Phi) is 4.49. The topological polar surface area (TPSA) is 55.8 Å². The third kappa shape index (κ3) is 2.85. The van der Waals surface area contributed by atoms with Crippen molar-refractivity contribution in [2.75, 3.05) is 12.0 Å². The maximum atomic E-state index is 12.5. The van der Waals surface area contributed by atoms with Gasteiger partial charge in [0.2, 0.25) is 6.10 Å². The van der Waals surface area contributed by atoms with Crippen molar-refractivity contribution >= 4 is 30.2 Å². The van der Waals surface area contributed by atoms with Crippen LogP contribution in [0, 0.1) is 0 Å². The molecular formula is C18H17NO4S. The van der Waals surface area contributed by atoms with Crippen LogP contribution < -0.4 is 9.64 Å². The van der Waals surface area contributed by atoms with E-state index in [0.717, 1.165) is 10.5 Å². The molecule has 0 saturated carbocycles. The number of benzene rings is 2. The predicted molar refractivity (Wildman–Crippen MR) is 92.5 cm³/mol. The Morgan fingerprint density at radius 2 is 1.79 bits per heavy atom. The summed E-state index contributed by atoms with van der Waals surface area (Å²) in [5.41, 5.74) is 1.55. The minimum Gasteiger partial charge on any atom is -0.497 e. The molecule has 0 spiro atoms.